The predicted molar refractivity (Wildman–Crippen MR) is 88.1 cm³/mol. The molecule has 0 spiro atoms. The van der Waals surface area contributed by atoms with Crippen LogP contribution in [0.4, 0.5) is 0 Å². The maximum absolute atomic E-state index is 6.53. The van der Waals surface area contributed by atoms with E-state index in [4.69, 9.17) is 23.2 Å². The molecule has 0 atom stereocenters. The molecule has 0 radical (unpaired) electrons. The van der Waals surface area contributed by atoms with Crippen molar-refractivity contribution in [1.29, 1.82) is 0 Å². The van der Waals surface area contributed by atoms with Gasteiger partial charge in [-0.05, 0) is 42.2 Å². The van der Waals surface area contributed by atoms with E-state index in [1.807, 2.05) is 12.1 Å². The zero-order valence-corrected chi connectivity index (χ0v) is 13.2. The fraction of sp³-hybridized carbons (Fsp3) is 0.250. The van der Waals surface area contributed by atoms with Crippen LogP contribution in [0.3, 0.4) is 0 Å². The van der Waals surface area contributed by atoms with Crippen LogP contribution >= 0.6 is 34.5 Å². The first-order valence-electron chi connectivity index (χ1n) is 6.47. The molecule has 0 unspecified atom stereocenters. The lowest BCUT2D eigenvalue weighted by molar-refractivity contribution is 1.11. The van der Waals surface area contributed by atoms with Gasteiger partial charge in [0.25, 0.3) is 0 Å². The Morgan fingerprint density at radius 3 is 2.47 bits per heavy atom. The van der Waals surface area contributed by atoms with Gasteiger partial charge < -0.3 is 0 Å². The molecule has 0 aliphatic carbocycles. The number of benzene rings is 2. The molecular weight excluding hydrogens is 295 g/mol. The number of hydrogen-bond acceptors (Lipinski definition) is 1. The van der Waals surface area contributed by atoms with Crippen LogP contribution in [0.1, 0.15) is 25.0 Å². The summed E-state index contributed by atoms with van der Waals surface area (Å²) in [4.78, 5) is 0. The van der Waals surface area contributed by atoms with Crippen molar-refractivity contribution in [3.8, 4) is 0 Å². The Kier molecular flexibility index (Phi) is 3.46. The zero-order valence-electron chi connectivity index (χ0n) is 10.9. The molecule has 0 N–H and O–H groups in total. The third-order valence-corrected chi connectivity index (χ3v) is 5.50. The molecule has 1 heterocycles. The Bertz CT molecular complexity index is 771. The lowest BCUT2D eigenvalue weighted by atomic mass is 10.0. The van der Waals surface area contributed by atoms with E-state index in [2.05, 4.69) is 26.0 Å². The summed E-state index contributed by atoms with van der Waals surface area (Å²) >= 11 is 14.4. The molecule has 0 aliphatic rings. The molecule has 0 saturated heterocycles. The minimum atomic E-state index is 0.791. The number of hydrogen-bond donors (Lipinski definition) is 0. The van der Waals surface area contributed by atoms with Gasteiger partial charge in [0.2, 0.25) is 0 Å². The van der Waals surface area contributed by atoms with Crippen LogP contribution in [-0.2, 0) is 12.8 Å². The molecule has 3 heteroatoms. The van der Waals surface area contributed by atoms with Crippen LogP contribution in [0.15, 0.2) is 24.3 Å². The molecule has 1 aromatic heterocycles. The SMILES string of the molecule is CCc1cc2c(sc3cc(Cl)ccc32)c(CC)c1Cl. The van der Waals surface area contributed by atoms with Gasteiger partial charge in [-0.3, -0.25) is 0 Å². The second-order valence-corrected chi connectivity index (χ2v) is 6.52. The van der Waals surface area contributed by atoms with E-state index in [-0.39, 0.29) is 0 Å². The Hall–Kier alpha value is -0.760. The smallest absolute Gasteiger partial charge is 0.0484 e. The second-order valence-electron chi connectivity index (χ2n) is 4.65. The molecule has 0 fully saturated rings. The van der Waals surface area contributed by atoms with Crippen molar-refractivity contribution in [3.63, 3.8) is 0 Å². The largest absolute Gasteiger partial charge is 0.135 e. The van der Waals surface area contributed by atoms with E-state index in [0.717, 1.165) is 22.9 Å². The summed E-state index contributed by atoms with van der Waals surface area (Å²) < 4.78 is 2.54. The van der Waals surface area contributed by atoms with Crippen LogP contribution in [0, 0.1) is 0 Å². The van der Waals surface area contributed by atoms with Crippen molar-refractivity contribution in [2.24, 2.45) is 0 Å². The highest BCUT2D eigenvalue weighted by Crippen LogP contribution is 2.41. The van der Waals surface area contributed by atoms with Gasteiger partial charge in [0.05, 0.1) is 0 Å². The van der Waals surface area contributed by atoms with E-state index in [1.54, 1.807) is 11.3 Å². The monoisotopic (exact) mass is 308 g/mol. The summed E-state index contributed by atoms with van der Waals surface area (Å²) in [5, 5.41) is 4.33. The summed E-state index contributed by atoms with van der Waals surface area (Å²) in [6.45, 7) is 4.31. The van der Waals surface area contributed by atoms with Gasteiger partial charge in [-0.25, -0.2) is 0 Å². The standard InChI is InChI=1S/C16H14Cl2S/c1-3-9-7-13-12-6-5-10(17)8-14(12)19-16(13)11(4-2)15(9)18/h5-8H,3-4H2,1-2H3. The minimum Gasteiger partial charge on any atom is -0.135 e. The first-order chi connectivity index (χ1) is 9.15. The Morgan fingerprint density at radius 2 is 1.79 bits per heavy atom. The fourth-order valence-corrected chi connectivity index (χ4v) is 4.61. The van der Waals surface area contributed by atoms with E-state index in [0.29, 0.717) is 0 Å². The molecular formula is C16H14Cl2S. The lowest BCUT2D eigenvalue weighted by Crippen LogP contribution is -1.89. The summed E-state index contributed by atoms with van der Waals surface area (Å²) in [7, 11) is 0. The fourth-order valence-electron chi connectivity index (χ4n) is 2.56. The summed E-state index contributed by atoms with van der Waals surface area (Å²) in [5.41, 5.74) is 2.51. The number of fused-ring (bicyclic) bond motifs is 3. The van der Waals surface area contributed by atoms with Crippen molar-refractivity contribution in [3.05, 3.63) is 45.4 Å². The van der Waals surface area contributed by atoms with Crippen molar-refractivity contribution < 1.29 is 0 Å². The number of halogens is 2. The Balaban J connectivity index is 2.49. The molecule has 98 valence electrons. The highest BCUT2D eigenvalue weighted by molar-refractivity contribution is 7.26. The maximum atomic E-state index is 6.53. The van der Waals surface area contributed by atoms with Crippen molar-refractivity contribution in [2.75, 3.05) is 0 Å². The van der Waals surface area contributed by atoms with Crippen molar-refractivity contribution in [1.82, 2.24) is 0 Å². The normalized spacial score (nSPS) is 11.6. The first-order valence-corrected chi connectivity index (χ1v) is 8.05. The van der Waals surface area contributed by atoms with Gasteiger partial charge in [0.1, 0.15) is 0 Å². The molecule has 0 nitrogen and oxygen atoms in total. The van der Waals surface area contributed by atoms with E-state index >= 15 is 0 Å². The average molecular weight is 309 g/mol. The Labute approximate surface area is 127 Å². The van der Waals surface area contributed by atoms with E-state index < -0.39 is 0 Å². The summed E-state index contributed by atoms with van der Waals surface area (Å²) in [5.74, 6) is 0. The molecule has 3 aromatic rings. The molecule has 0 saturated carbocycles. The third kappa shape index (κ3) is 2.05. The molecule has 0 amide bonds. The summed E-state index contributed by atoms with van der Waals surface area (Å²) in [6.07, 6.45) is 1.93. The number of thiophene rings is 1. The topological polar surface area (TPSA) is 0 Å². The first kappa shape index (κ1) is 13.2. The van der Waals surface area contributed by atoms with Crippen LogP contribution in [0.5, 0.6) is 0 Å². The van der Waals surface area contributed by atoms with Crippen LogP contribution in [0.25, 0.3) is 20.2 Å². The lowest BCUT2D eigenvalue weighted by Gasteiger charge is -2.08. The van der Waals surface area contributed by atoms with Gasteiger partial charge in [-0.2, -0.15) is 0 Å². The van der Waals surface area contributed by atoms with Gasteiger partial charge >= 0.3 is 0 Å². The molecule has 2 aromatic carbocycles. The zero-order chi connectivity index (χ0) is 13.6. The quantitative estimate of drug-likeness (QED) is 0.508. The highest BCUT2D eigenvalue weighted by Gasteiger charge is 2.14. The number of aryl methyl sites for hydroxylation is 2. The van der Waals surface area contributed by atoms with Crippen LogP contribution < -0.4 is 0 Å². The van der Waals surface area contributed by atoms with Crippen molar-refractivity contribution >= 4 is 54.7 Å². The summed E-state index contributed by atoms with van der Waals surface area (Å²) in [6, 6.07) is 8.36. The van der Waals surface area contributed by atoms with Gasteiger partial charge in [-0.15, -0.1) is 11.3 Å². The van der Waals surface area contributed by atoms with E-state index in [1.165, 1.54) is 31.3 Å². The average Bonchev–Trinajstić information content (AvgIpc) is 2.74. The maximum Gasteiger partial charge on any atom is 0.0484 e. The highest BCUT2D eigenvalue weighted by atomic mass is 35.5. The minimum absolute atomic E-state index is 0.791. The molecule has 0 bridgehead atoms. The molecule has 19 heavy (non-hydrogen) atoms. The Morgan fingerprint density at radius 1 is 1.00 bits per heavy atom. The molecule has 0 aliphatic heterocycles. The van der Waals surface area contributed by atoms with Crippen molar-refractivity contribution in [2.45, 2.75) is 26.7 Å². The second kappa shape index (κ2) is 4.97. The number of rotatable bonds is 2. The molecule has 3 rings (SSSR count). The van der Waals surface area contributed by atoms with Gasteiger partial charge in [0, 0.05) is 30.2 Å². The predicted octanol–water partition coefficient (Wildman–Crippen LogP) is 6.49. The van der Waals surface area contributed by atoms with Gasteiger partial charge in [0.15, 0.2) is 0 Å². The van der Waals surface area contributed by atoms with E-state index in [9.17, 15) is 0 Å². The van der Waals surface area contributed by atoms with Crippen LogP contribution in [0.2, 0.25) is 10.0 Å². The van der Waals surface area contributed by atoms with Crippen LogP contribution in [-0.4, -0.2) is 0 Å². The van der Waals surface area contributed by atoms with Gasteiger partial charge in [-0.1, -0.05) is 43.1 Å². The third-order valence-electron chi connectivity index (χ3n) is 3.56.